The van der Waals surface area contributed by atoms with Crippen molar-refractivity contribution in [1.29, 1.82) is 5.26 Å². The molecule has 0 bridgehead atoms. The van der Waals surface area contributed by atoms with Crippen molar-refractivity contribution < 1.29 is 0 Å². The molecule has 1 heterocycles. The number of hydrazone groups is 1. The molecule has 0 aliphatic heterocycles. The molecule has 6 heteroatoms. The van der Waals surface area contributed by atoms with Crippen LogP contribution in [0.15, 0.2) is 59.0 Å². The van der Waals surface area contributed by atoms with Crippen LogP contribution in [0.4, 0.5) is 10.9 Å². The molecule has 0 amide bonds. The molecule has 0 atom stereocenters. The van der Waals surface area contributed by atoms with Gasteiger partial charge in [-0.1, -0.05) is 36.4 Å². The Bertz CT molecular complexity index is 892. The highest BCUT2D eigenvalue weighted by molar-refractivity contribution is 7.14. The summed E-state index contributed by atoms with van der Waals surface area (Å²) in [5, 5.41) is 15.8. The largest absolute Gasteiger partial charge is 0.383 e. The van der Waals surface area contributed by atoms with E-state index >= 15 is 0 Å². The zero-order valence-corrected chi connectivity index (χ0v) is 12.9. The number of anilines is 2. The van der Waals surface area contributed by atoms with E-state index in [-0.39, 0.29) is 0 Å². The maximum absolute atomic E-state index is 9.22. The van der Waals surface area contributed by atoms with Gasteiger partial charge in [0.25, 0.3) is 0 Å². The van der Waals surface area contributed by atoms with Crippen LogP contribution in [-0.4, -0.2) is 11.2 Å². The number of hydrogen-bond donors (Lipinski definition) is 2. The summed E-state index contributed by atoms with van der Waals surface area (Å²) < 4.78 is 0. The topological polar surface area (TPSA) is 87.1 Å². The number of hydrogen-bond acceptors (Lipinski definition) is 6. The van der Waals surface area contributed by atoms with Crippen LogP contribution in [0.2, 0.25) is 0 Å². The summed E-state index contributed by atoms with van der Waals surface area (Å²) >= 11 is 1.39. The molecule has 5 nitrogen and oxygen atoms in total. The van der Waals surface area contributed by atoms with Gasteiger partial charge in [-0.3, -0.25) is 5.43 Å². The Morgan fingerprint density at radius 1 is 1.22 bits per heavy atom. The molecule has 0 aliphatic carbocycles. The van der Waals surface area contributed by atoms with Gasteiger partial charge in [-0.2, -0.15) is 10.4 Å². The number of nitrogens with two attached hydrogens (primary N) is 1. The van der Waals surface area contributed by atoms with Crippen LogP contribution in [0, 0.1) is 11.3 Å². The van der Waals surface area contributed by atoms with Gasteiger partial charge < -0.3 is 5.73 Å². The summed E-state index contributed by atoms with van der Waals surface area (Å²) in [6, 6.07) is 17.6. The number of nitrogen functional groups attached to an aromatic ring is 1. The van der Waals surface area contributed by atoms with Crippen LogP contribution in [0.25, 0.3) is 11.1 Å². The third-order valence-corrected chi connectivity index (χ3v) is 3.91. The van der Waals surface area contributed by atoms with Crippen molar-refractivity contribution in [1.82, 2.24) is 4.98 Å². The number of rotatable bonds is 4. The molecular weight excluding hydrogens is 306 g/mol. The standard InChI is InChI=1S/C17H13N5S/c18-9-14-5-1-2-7-15(14)13-6-3-4-12(8-13)10-20-22-17-21-16(19)11-23-17/h1-8,10-11H,19H2,(H,21,22). The average Bonchev–Trinajstić information content (AvgIpc) is 3.00. The average molecular weight is 319 g/mol. The Morgan fingerprint density at radius 2 is 2.09 bits per heavy atom. The van der Waals surface area contributed by atoms with Crippen LogP contribution in [0.1, 0.15) is 11.1 Å². The van der Waals surface area contributed by atoms with Crippen molar-refractivity contribution in [3.8, 4) is 17.2 Å². The summed E-state index contributed by atoms with van der Waals surface area (Å²) in [5.74, 6) is 0.475. The third-order valence-electron chi connectivity index (χ3n) is 3.14. The highest BCUT2D eigenvalue weighted by Gasteiger charge is 2.04. The fourth-order valence-corrected chi connectivity index (χ4v) is 2.67. The number of nitriles is 1. The van der Waals surface area contributed by atoms with Gasteiger partial charge in [0, 0.05) is 5.38 Å². The van der Waals surface area contributed by atoms with Gasteiger partial charge in [-0.05, 0) is 28.8 Å². The van der Waals surface area contributed by atoms with Crippen LogP contribution < -0.4 is 11.2 Å². The molecule has 0 saturated heterocycles. The zero-order valence-electron chi connectivity index (χ0n) is 12.1. The SMILES string of the molecule is N#Cc1ccccc1-c1cccc(C=NNc2nc(N)cs2)c1. The van der Waals surface area contributed by atoms with E-state index < -0.39 is 0 Å². The highest BCUT2D eigenvalue weighted by atomic mass is 32.1. The molecule has 3 aromatic rings. The predicted molar refractivity (Wildman–Crippen MR) is 94.3 cm³/mol. The maximum atomic E-state index is 9.22. The Kier molecular flexibility index (Phi) is 4.32. The minimum Gasteiger partial charge on any atom is -0.383 e. The van der Waals surface area contributed by atoms with Gasteiger partial charge in [-0.15, -0.1) is 11.3 Å². The van der Waals surface area contributed by atoms with E-state index in [1.807, 2.05) is 48.5 Å². The normalized spacial score (nSPS) is 10.6. The summed E-state index contributed by atoms with van der Waals surface area (Å²) in [7, 11) is 0. The van der Waals surface area contributed by atoms with Gasteiger partial charge in [0.2, 0.25) is 5.13 Å². The molecule has 112 valence electrons. The molecule has 0 fully saturated rings. The van der Waals surface area contributed by atoms with Gasteiger partial charge in [0.15, 0.2) is 0 Å². The second kappa shape index (κ2) is 6.73. The van der Waals surface area contributed by atoms with Crippen molar-refractivity contribution in [3.63, 3.8) is 0 Å². The van der Waals surface area contributed by atoms with Crippen molar-refractivity contribution in [2.75, 3.05) is 11.2 Å². The second-order valence-corrected chi connectivity index (χ2v) is 5.59. The molecule has 0 spiro atoms. The van der Waals surface area contributed by atoms with Crippen molar-refractivity contribution in [3.05, 3.63) is 65.0 Å². The zero-order chi connectivity index (χ0) is 16.1. The lowest BCUT2D eigenvalue weighted by molar-refractivity contribution is 1.29. The first-order valence-corrected chi connectivity index (χ1v) is 7.74. The van der Waals surface area contributed by atoms with Crippen molar-refractivity contribution >= 4 is 28.5 Å². The Morgan fingerprint density at radius 3 is 2.87 bits per heavy atom. The van der Waals surface area contributed by atoms with Gasteiger partial charge in [0.05, 0.1) is 17.8 Å². The second-order valence-electron chi connectivity index (χ2n) is 4.73. The molecule has 3 N–H and O–H groups in total. The summed E-state index contributed by atoms with van der Waals surface area (Å²) in [6.07, 6.45) is 1.70. The van der Waals surface area contributed by atoms with Crippen LogP contribution >= 0.6 is 11.3 Å². The Labute approximate surface area is 137 Å². The minimum atomic E-state index is 0.475. The molecule has 0 aliphatic rings. The maximum Gasteiger partial charge on any atom is 0.205 e. The molecular formula is C17H13N5S. The predicted octanol–water partition coefficient (Wildman–Crippen LogP) is 3.71. The van der Waals surface area contributed by atoms with Gasteiger partial charge in [-0.25, -0.2) is 4.98 Å². The first kappa shape index (κ1) is 14.8. The number of benzene rings is 2. The molecule has 23 heavy (non-hydrogen) atoms. The van der Waals surface area contributed by atoms with Crippen molar-refractivity contribution in [2.24, 2.45) is 5.10 Å². The lowest BCUT2D eigenvalue weighted by atomic mass is 9.99. The number of aromatic nitrogens is 1. The fourth-order valence-electron chi connectivity index (χ4n) is 2.12. The molecule has 0 radical (unpaired) electrons. The first-order chi connectivity index (χ1) is 11.3. The molecule has 2 aromatic carbocycles. The van der Waals surface area contributed by atoms with E-state index in [4.69, 9.17) is 5.73 Å². The summed E-state index contributed by atoms with van der Waals surface area (Å²) in [6.45, 7) is 0. The summed E-state index contributed by atoms with van der Waals surface area (Å²) in [4.78, 5) is 4.07. The Balaban J connectivity index is 1.81. The van der Waals surface area contributed by atoms with E-state index in [0.29, 0.717) is 16.5 Å². The van der Waals surface area contributed by atoms with E-state index in [1.165, 1.54) is 11.3 Å². The van der Waals surface area contributed by atoms with E-state index in [0.717, 1.165) is 16.7 Å². The van der Waals surface area contributed by atoms with Crippen LogP contribution in [-0.2, 0) is 0 Å². The molecule has 1 aromatic heterocycles. The highest BCUT2D eigenvalue weighted by Crippen LogP contribution is 2.23. The first-order valence-electron chi connectivity index (χ1n) is 6.86. The fraction of sp³-hybridized carbons (Fsp3) is 0. The molecule has 3 rings (SSSR count). The number of nitrogens with zero attached hydrogens (tertiary/aromatic N) is 3. The van der Waals surface area contributed by atoms with E-state index in [1.54, 1.807) is 11.6 Å². The lowest BCUT2D eigenvalue weighted by Gasteiger charge is -2.04. The van der Waals surface area contributed by atoms with E-state index in [2.05, 4.69) is 21.6 Å². The quantitative estimate of drug-likeness (QED) is 0.567. The number of nitrogens with one attached hydrogen (secondary N) is 1. The lowest BCUT2D eigenvalue weighted by Crippen LogP contribution is -1.92. The smallest absolute Gasteiger partial charge is 0.205 e. The number of thiazole rings is 1. The molecule has 0 saturated carbocycles. The van der Waals surface area contributed by atoms with Crippen LogP contribution in [0.5, 0.6) is 0 Å². The van der Waals surface area contributed by atoms with Gasteiger partial charge in [0.1, 0.15) is 5.82 Å². The molecule has 0 unspecified atom stereocenters. The monoisotopic (exact) mass is 319 g/mol. The summed E-state index contributed by atoms with van der Waals surface area (Å²) in [5.41, 5.74) is 11.9. The van der Waals surface area contributed by atoms with E-state index in [9.17, 15) is 5.26 Å². The third kappa shape index (κ3) is 3.54. The Hall–Kier alpha value is -3.17. The van der Waals surface area contributed by atoms with Crippen LogP contribution in [0.3, 0.4) is 0 Å². The minimum absolute atomic E-state index is 0.475. The van der Waals surface area contributed by atoms with Gasteiger partial charge >= 0.3 is 0 Å². The van der Waals surface area contributed by atoms with Crippen molar-refractivity contribution in [2.45, 2.75) is 0 Å².